The number of benzene rings is 1. The minimum atomic E-state index is -4.80. The van der Waals surface area contributed by atoms with Gasteiger partial charge in [0, 0.05) is 44.3 Å². The number of aromatic nitrogens is 2. The summed E-state index contributed by atoms with van der Waals surface area (Å²) >= 11 is 5.91. The molecule has 1 aromatic heterocycles. The smallest absolute Gasteiger partial charge is 0.335 e. The molecule has 0 aliphatic carbocycles. The van der Waals surface area contributed by atoms with Crippen LogP contribution in [0.4, 0.5) is 18.0 Å². The zero-order chi connectivity index (χ0) is 22.9. The van der Waals surface area contributed by atoms with Gasteiger partial charge in [0.05, 0.1) is 17.4 Å². The number of piperidine rings is 1. The van der Waals surface area contributed by atoms with Gasteiger partial charge in [-0.2, -0.15) is 18.3 Å². The fourth-order valence-corrected chi connectivity index (χ4v) is 4.32. The molecule has 0 N–H and O–H groups in total. The first-order chi connectivity index (χ1) is 15.3. The van der Waals surface area contributed by atoms with Crippen molar-refractivity contribution in [1.82, 2.24) is 24.5 Å². The molecule has 2 saturated heterocycles. The largest absolute Gasteiger partial charge is 0.434 e. The number of piperazine rings is 1. The SMILES string of the molecule is O=C(c1cnn(-c2cccc(Cl)c2)c1C(F)(F)F)N1CCN(C(=O)N2CCCCC2)CC1. The van der Waals surface area contributed by atoms with Crippen molar-refractivity contribution in [3.05, 3.63) is 46.7 Å². The summed E-state index contributed by atoms with van der Waals surface area (Å²) in [6, 6.07) is 5.77. The molecule has 0 atom stereocenters. The van der Waals surface area contributed by atoms with E-state index in [1.807, 2.05) is 0 Å². The summed E-state index contributed by atoms with van der Waals surface area (Å²) in [5, 5.41) is 4.09. The molecular weight excluding hydrogens is 447 g/mol. The van der Waals surface area contributed by atoms with Gasteiger partial charge in [-0.1, -0.05) is 17.7 Å². The lowest BCUT2D eigenvalue weighted by atomic mass is 10.1. The van der Waals surface area contributed by atoms with E-state index in [1.54, 1.807) is 15.9 Å². The predicted octanol–water partition coefficient (Wildman–Crippen LogP) is 3.91. The lowest BCUT2D eigenvalue weighted by Crippen LogP contribution is -2.54. The Kier molecular flexibility index (Phi) is 6.32. The molecule has 32 heavy (non-hydrogen) atoms. The van der Waals surface area contributed by atoms with Crippen LogP contribution in [0.25, 0.3) is 5.69 Å². The summed E-state index contributed by atoms with van der Waals surface area (Å²) in [6.45, 7) is 2.33. The van der Waals surface area contributed by atoms with Crippen LogP contribution < -0.4 is 0 Å². The van der Waals surface area contributed by atoms with Crippen LogP contribution in [0.2, 0.25) is 5.02 Å². The molecule has 0 unspecified atom stereocenters. The van der Waals surface area contributed by atoms with Crippen LogP contribution in [0.1, 0.15) is 35.3 Å². The van der Waals surface area contributed by atoms with Crippen LogP contribution in [-0.2, 0) is 6.18 Å². The number of nitrogens with zero attached hydrogens (tertiary/aromatic N) is 5. The van der Waals surface area contributed by atoms with Crippen molar-refractivity contribution in [2.24, 2.45) is 0 Å². The van der Waals surface area contributed by atoms with Crippen LogP contribution in [0.3, 0.4) is 0 Å². The fraction of sp³-hybridized carbons (Fsp3) is 0.476. The zero-order valence-corrected chi connectivity index (χ0v) is 18.1. The van der Waals surface area contributed by atoms with E-state index in [0.717, 1.165) is 38.5 Å². The summed E-state index contributed by atoms with van der Waals surface area (Å²) in [5.74, 6) is -0.754. The Hall–Kier alpha value is -2.75. The van der Waals surface area contributed by atoms with Crippen molar-refractivity contribution in [3.63, 3.8) is 0 Å². The normalized spacial score (nSPS) is 17.6. The van der Waals surface area contributed by atoms with Gasteiger partial charge in [0.1, 0.15) is 0 Å². The number of alkyl halides is 3. The third-order valence-electron chi connectivity index (χ3n) is 5.78. The first kappa shape index (κ1) is 22.4. The maximum Gasteiger partial charge on any atom is 0.434 e. The number of rotatable bonds is 2. The van der Waals surface area contributed by atoms with Crippen LogP contribution in [0.15, 0.2) is 30.5 Å². The second-order valence-electron chi connectivity index (χ2n) is 7.91. The van der Waals surface area contributed by atoms with E-state index in [-0.39, 0.29) is 42.9 Å². The van der Waals surface area contributed by atoms with Crippen LogP contribution in [0.5, 0.6) is 0 Å². The zero-order valence-electron chi connectivity index (χ0n) is 17.3. The van der Waals surface area contributed by atoms with Gasteiger partial charge >= 0.3 is 12.2 Å². The van der Waals surface area contributed by atoms with Crippen LogP contribution in [-0.4, -0.2) is 75.7 Å². The van der Waals surface area contributed by atoms with Gasteiger partial charge in [0.15, 0.2) is 5.69 Å². The Morgan fingerprint density at radius 3 is 2.16 bits per heavy atom. The monoisotopic (exact) mass is 469 g/mol. The first-order valence-electron chi connectivity index (χ1n) is 10.5. The molecule has 2 fully saturated rings. The Bertz CT molecular complexity index is 996. The molecule has 0 saturated carbocycles. The number of carbonyl (C=O) groups is 2. The number of carbonyl (C=O) groups excluding carboxylic acids is 2. The van der Waals surface area contributed by atoms with Crippen molar-refractivity contribution in [2.45, 2.75) is 25.4 Å². The molecule has 1 aromatic carbocycles. The predicted molar refractivity (Wildman–Crippen MR) is 112 cm³/mol. The standard InChI is InChI=1S/C21H23ClF3N5O2/c22-15-5-4-6-16(13-15)30-18(21(23,24)25)17(14-26-30)19(31)27-9-11-29(12-10-27)20(32)28-7-2-1-3-8-28/h4-6,13-14H,1-3,7-12H2. The highest BCUT2D eigenvalue weighted by Crippen LogP contribution is 2.34. The highest BCUT2D eigenvalue weighted by molar-refractivity contribution is 6.30. The van der Waals surface area contributed by atoms with Gasteiger partial charge in [-0.25, -0.2) is 9.48 Å². The van der Waals surface area contributed by atoms with E-state index in [1.165, 1.54) is 23.1 Å². The van der Waals surface area contributed by atoms with E-state index in [0.29, 0.717) is 4.68 Å². The summed E-state index contributed by atoms with van der Waals surface area (Å²) in [4.78, 5) is 30.4. The molecule has 0 spiro atoms. The first-order valence-corrected chi connectivity index (χ1v) is 10.9. The van der Waals surface area contributed by atoms with Crippen LogP contribution >= 0.6 is 11.6 Å². The van der Waals surface area contributed by atoms with E-state index in [2.05, 4.69) is 5.10 Å². The number of amides is 3. The molecule has 2 aromatic rings. The topological polar surface area (TPSA) is 61.7 Å². The Morgan fingerprint density at radius 1 is 0.906 bits per heavy atom. The third kappa shape index (κ3) is 4.55. The highest BCUT2D eigenvalue weighted by atomic mass is 35.5. The number of urea groups is 1. The van der Waals surface area contributed by atoms with Crippen molar-refractivity contribution < 1.29 is 22.8 Å². The maximum atomic E-state index is 13.9. The van der Waals surface area contributed by atoms with Crippen LogP contribution in [0, 0.1) is 0 Å². The molecule has 3 heterocycles. The molecule has 3 amide bonds. The summed E-state index contributed by atoms with van der Waals surface area (Å²) in [5.41, 5.74) is -1.55. The van der Waals surface area contributed by atoms with Crippen molar-refractivity contribution in [1.29, 1.82) is 0 Å². The number of hydrogen-bond donors (Lipinski definition) is 0. The third-order valence-corrected chi connectivity index (χ3v) is 6.02. The highest BCUT2D eigenvalue weighted by Gasteiger charge is 2.42. The Morgan fingerprint density at radius 2 is 1.53 bits per heavy atom. The van der Waals surface area contributed by atoms with Crippen molar-refractivity contribution >= 4 is 23.5 Å². The lowest BCUT2D eigenvalue weighted by molar-refractivity contribution is -0.143. The molecular formula is C21H23ClF3N5O2. The second kappa shape index (κ2) is 9.01. The lowest BCUT2D eigenvalue weighted by Gasteiger charge is -2.38. The molecule has 172 valence electrons. The average molecular weight is 470 g/mol. The minimum absolute atomic E-state index is 0.0680. The van der Waals surface area contributed by atoms with Gasteiger partial charge in [-0.3, -0.25) is 4.79 Å². The average Bonchev–Trinajstić information content (AvgIpc) is 3.25. The second-order valence-corrected chi connectivity index (χ2v) is 8.34. The van der Waals surface area contributed by atoms with E-state index < -0.39 is 23.3 Å². The van der Waals surface area contributed by atoms with E-state index in [9.17, 15) is 22.8 Å². The quantitative estimate of drug-likeness (QED) is 0.670. The molecule has 11 heteroatoms. The van der Waals surface area contributed by atoms with Gasteiger partial charge in [-0.15, -0.1) is 0 Å². The minimum Gasteiger partial charge on any atom is -0.335 e. The maximum absolute atomic E-state index is 13.9. The fourth-order valence-electron chi connectivity index (χ4n) is 4.14. The summed E-state index contributed by atoms with van der Waals surface area (Å²) < 4.78 is 42.4. The van der Waals surface area contributed by atoms with E-state index >= 15 is 0 Å². The molecule has 0 radical (unpaired) electrons. The Labute approximate surface area is 188 Å². The number of hydrogen-bond acceptors (Lipinski definition) is 3. The number of likely N-dealkylation sites (tertiary alicyclic amines) is 1. The summed E-state index contributed by atoms with van der Waals surface area (Å²) in [7, 11) is 0. The van der Waals surface area contributed by atoms with Gasteiger partial charge in [0.2, 0.25) is 0 Å². The number of halogens is 4. The molecule has 4 rings (SSSR count). The van der Waals surface area contributed by atoms with Gasteiger partial charge in [0.25, 0.3) is 5.91 Å². The Balaban J connectivity index is 1.51. The van der Waals surface area contributed by atoms with Gasteiger partial charge in [-0.05, 0) is 37.5 Å². The van der Waals surface area contributed by atoms with Crippen molar-refractivity contribution in [3.8, 4) is 5.69 Å². The summed E-state index contributed by atoms with van der Waals surface area (Å²) in [6.07, 6.45) is -0.800. The molecule has 2 aliphatic rings. The molecule has 7 nitrogen and oxygen atoms in total. The van der Waals surface area contributed by atoms with Gasteiger partial charge < -0.3 is 14.7 Å². The molecule has 2 aliphatic heterocycles. The van der Waals surface area contributed by atoms with E-state index in [4.69, 9.17) is 11.6 Å². The van der Waals surface area contributed by atoms with Crippen molar-refractivity contribution in [2.75, 3.05) is 39.3 Å². The molecule has 0 bridgehead atoms.